The number of aromatic nitrogens is 1. The minimum Gasteiger partial charge on any atom is -0.376 e. The van der Waals surface area contributed by atoms with Crippen LogP contribution in [0.15, 0.2) is 29.3 Å². The topological polar surface area (TPSA) is 62.3 Å². The first kappa shape index (κ1) is 18.1. The molecule has 5 nitrogen and oxygen atoms in total. The van der Waals surface area contributed by atoms with Gasteiger partial charge >= 0.3 is 0 Å². The molecule has 24 heavy (non-hydrogen) atoms. The fraction of sp³-hybridized carbons (Fsp3) is 0.214. The molecule has 0 unspecified atom stereocenters. The lowest BCUT2D eigenvalue weighted by atomic mass is 10.2. The van der Waals surface area contributed by atoms with Crippen LogP contribution in [0.5, 0.6) is 0 Å². The van der Waals surface area contributed by atoms with Crippen molar-refractivity contribution in [3.63, 3.8) is 0 Å². The molecule has 1 aromatic heterocycles. The summed E-state index contributed by atoms with van der Waals surface area (Å²) in [5, 5.41) is 2.28. The Morgan fingerprint density at radius 1 is 1.04 bits per heavy atom. The highest BCUT2D eigenvalue weighted by Crippen LogP contribution is 2.33. The van der Waals surface area contributed by atoms with Crippen LogP contribution >= 0.6 is 0 Å². The Morgan fingerprint density at radius 2 is 1.67 bits per heavy atom. The Bertz CT molecular complexity index is 858. The summed E-state index contributed by atoms with van der Waals surface area (Å²) in [5.41, 5.74) is -0.638. The van der Waals surface area contributed by atoms with E-state index in [1.807, 2.05) is 0 Å². The van der Waals surface area contributed by atoms with E-state index in [9.17, 15) is 26.0 Å². The summed E-state index contributed by atoms with van der Waals surface area (Å²) < 4.78 is 80.0. The summed E-state index contributed by atoms with van der Waals surface area (Å²) in [5.74, 6) is -8.12. The molecule has 0 bridgehead atoms. The second kappa shape index (κ2) is 6.73. The summed E-state index contributed by atoms with van der Waals surface area (Å²) in [6.45, 7) is -0.224. The molecule has 0 saturated heterocycles. The van der Waals surface area contributed by atoms with Gasteiger partial charge in [-0.15, -0.1) is 0 Å². The minimum absolute atomic E-state index is 0.224. The maximum atomic E-state index is 14.1. The van der Waals surface area contributed by atoms with E-state index in [1.165, 1.54) is 12.3 Å². The molecule has 0 spiro atoms. The molecule has 10 heteroatoms. The third-order valence-electron chi connectivity index (χ3n) is 3.14. The van der Waals surface area contributed by atoms with Crippen LogP contribution in [0.25, 0.3) is 0 Å². The molecule has 2 aromatic rings. The first-order valence-corrected chi connectivity index (χ1v) is 8.04. The number of pyridine rings is 1. The Kier molecular flexibility index (Phi) is 5.09. The third-order valence-corrected chi connectivity index (χ3v) is 5.00. The summed E-state index contributed by atoms with van der Waals surface area (Å²) in [6, 6.07) is 4.76. The van der Waals surface area contributed by atoms with E-state index in [0.29, 0.717) is 10.00 Å². The highest BCUT2D eigenvalue weighted by molar-refractivity contribution is 7.89. The second-order valence-electron chi connectivity index (χ2n) is 4.92. The van der Waals surface area contributed by atoms with Gasteiger partial charge in [0, 0.05) is 20.3 Å². The molecular weight excluding hydrogens is 350 g/mol. The average Bonchev–Trinajstić information content (AvgIpc) is 2.55. The van der Waals surface area contributed by atoms with E-state index in [2.05, 4.69) is 10.3 Å². The molecule has 0 aliphatic heterocycles. The van der Waals surface area contributed by atoms with Crippen molar-refractivity contribution in [2.75, 3.05) is 19.4 Å². The average molecular weight is 363 g/mol. The van der Waals surface area contributed by atoms with E-state index in [4.69, 9.17) is 0 Å². The molecule has 1 heterocycles. The van der Waals surface area contributed by atoms with Crippen LogP contribution in [0.1, 0.15) is 5.69 Å². The lowest BCUT2D eigenvalue weighted by Crippen LogP contribution is -2.26. The van der Waals surface area contributed by atoms with E-state index in [1.54, 1.807) is 12.1 Å². The van der Waals surface area contributed by atoms with Crippen molar-refractivity contribution in [1.82, 2.24) is 9.29 Å². The van der Waals surface area contributed by atoms with E-state index in [0.717, 1.165) is 14.1 Å². The van der Waals surface area contributed by atoms with Crippen molar-refractivity contribution in [2.45, 2.75) is 11.4 Å². The van der Waals surface area contributed by atoms with Crippen molar-refractivity contribution in [2.24, 2.45) is 0 Å². The lowest BCUT2D eigenvalue weighted by molar-refractivity contribution is 0.396. The van der Waals surface area contributed by atoms with Crippen LogP contribution in [0, 0.1) is 23.3 Å². The zero-order valence-electron chi connectivity index (χ0n) is 12.6. The number of nitrogens with zero attached hydrogens (tertiary/aromatic N) is 2. The highest BCUT2D eigenvalue weighted by atomic mass is 32.2. The molecule has 0 saturated carbocycles. The van der Waals surface area contributed by atoms with Gasteiger partial charge in [-0.2, -0.15) is 0 Å². The number of hydrogen-bond acceptors (Lipinski definition) is 4. The number of anilines is 1. The zero-order valence-corrected chi connectivity index (χ0v) is 13.5. The van der Waals surface area contributed by atoms with Crippen LogP contribution in [-0.4, -0.2) is 31.8 Å². The largest absolute Gasteiger partial charge is 0.376 e. The molecule has 0 amide bonds. The summed E-state index contributed by atoms with van der Waals surface area (Å²) in [7, 11) is -2.47. The smallest absolute Gasteiger partial charge is 0.247 e. The quantitative estimate of drug-likeness (QED) is 0.504. The number of sulfonamides is 1. The van der Waals surface area contributed by atoms with Gasteiger partial charge in [0.25, 0.3) is 0 Å². The normalized spacial score (nSPS) is 11.8. The molecular formula is C14H13F4N3O2S. The van der Waals surface area contributed by atoms with E-state index >= 15 is 0 Å². The van der Waals surface area contributed by atoms with Gasteiger partial charge in [0.05, 0.1) is 17.9 Å². The molecule has 1 N–H and O–H groups in total. The maximum absolute atomic E-state index is 14.1. The van der Waals surface area contributed by atoms with Gasteiger partial charge in [0.1, 0.15) is 4.90 Å². The van der Waals surface area contributed by atoms with Gasteiger partial charge in [-0.05, 0) is 12.1 Å². The Balaban J connectivity index is 2.61. The van der Waals surface area contributed by atoms with Crippen molar-refractivity contribution in [3.8, 4) is 0 Å². The molecule has 1 aromatic carbocycles. The molecule has 0 radical (unpaired) electrons. The third kappa shape index (κ3) is 3.20. The van der Waals surface area contributed by atoms with Gasteiger partial charge in [-0.25, -0.2) is 30.3 Å². The number of benzene rings is 1. The number of hydrogen-bond donors (Lipinski definition) is 1. The lowest BCUT2D eigenvalue weighted by Gasteiger charge is -2.18. The van der Waals surface area contributed by atoms with Gasteiger partial charge in [0.15, 0.2) is 23.3 Å². The fourth-order valence-electron chi connectivity index (χ4n) is 1.88. The summed E-state index contributed by atoms with van der Waals surface area (Å²) in [6.07, 6.45) is 1.43. The van der Waals surface area contributed by atoms with Gasteiger partial charge < -0.3 is 5.32 Å². The van der Waals surface area contributed by atoms with Gasteiger partial charge in [0.2, 0.25) is 10.0 Å². The number of rotatable bonds is 5. The van der Waals surface area contributed by atoms with Gasteiger partial charge in [-0.3, -0.25) is 4.98 Å². The molecule has 0 aliphatic rings. The summed E-state index contributed by atoms with van der Waals surface area (Å²) in [4.78, 5) is 2.60. The van der Waals surface area contributed by atoms with Gasteiger partial charge in [-0.1, -0.05) is 6.07 Å². The predicted molar refractivity (Wildman–Crippen MR) is 78.7 cm³/mol. The first-order chi connectivity index (χ1) is 11.2. The van der Waals surface area contributed by atoms with Crippen molar-refractivity contribution in [3.05, 3.63) is 53.4 Å². The van der Waals surface area contributed by atoms with Crippen LogP contribution in [0.4, 0.5) is 23.2 Å². The van der Waals surface area contributed by atoms with Crippen molar-refractivity contribution in [1.29, 1.82) is 0 Å². The Labute approximate surface area is 136 Å². The molecule has 0 fully saturated rings. The SMILES string of the molecule is CN(C)S(=O)(=O)c1c(F)c(F)c(F)c(F)c1NCc1ccccn1. The minimum atomic E-state index is -4.58. The predicted octanol–water partition coefficient (Wildman–Crippen LogP) is 2.50. The zero-order chi connectivity index (χ0) is 18.1. The Morgan fingerprint density at radius 3 is 2.21 bits per heavy atom. The van der Waals surface area contributed by atoms with Crippen LogP contribution in [0.2, 0.25) is 0 Å². The van der Waals surface area contributed by atoms with Crippen LogP contribution < -0.4 is 5.32 Å². The Hall–Kier alpha value is -2.20. The fourth-order valence-corrected chi connectivity index (χ4v) is 2.98. The van der Waals surface area contributed by atoms with E-state index in [-0.39, 0.29) is 6.54 Å². The number of halogens is 4. The number of nitrogens with one attached hydrogen (secondary N) is 1. The van der Waals surface area contributed by atoms with E-state index < -0.39 is 43.9 Å². The maximum Gasteiger partial charge on any atom is 0.247 e. The summed E-state index contributed by atoms with van der Waals surface area (Å²) >= 11 is 0. The van der Waals surface area contributed by atoms with Crippen LogP contribution in [-0.2, 0) is 16.6 Å². The second-order valence-corrected chi connectivity index (χ2v) is 7.01. The van der Waals surface area contributed by atoms with Crippen LogP contribution in [0.3, 0.4) is 0 Å². The molecule has 0 atom stereocenters. The highest BCUT2D eigenvalue weighted by Gasteiger charge is 2.34. The van der Waals surface area contributed by atoms with Crippen molar-refractivity contribution < 1.29 is 26.0 Å². The van der Waals surface area contributed by atoms with Crippen molar-refractivity contribution >= 4 is 15.7 Å². The molecule has 0 aliphatic carbocycles. The molecule has 130 valence electrons. The molecule has 2 rings (SSSR count). The monoisotopic (exact) mass is 363 g/mol. The standard InChI is InChI=1S/C14H13F4N3O2S/c1-21(2)24(22,23)14-12(18)10(16)9(15)11(17)13(14)20-7-8-5-3-4-6-19-8/h3-6,20H,7H2,1-2H3. The first-order valence-electron chi connectivity index (χ1n) is 6.60.